The number of nitrogens with one attached hydrogen (secondary N) is 1. The minimum atomic E-state index is -4.79. The minimum Gasteiger partial charge on any atom is -0.345 e. The molecule has 0 fully saturated rings. The molecule has 1 aromatic rings. The van der Waals surface area contributed by atoms with E-state index in [4.69, 9.17) is 0 Å². The molecule has 1 aliphatic rings. The molecule has 2 rings (SSSR count). The smallest absolute Gasteiger partial charge is 0.345 e. The predicted molar refractivity (Wildman–Crippen MR) is 56.5 cm³/mol. The molecule has 0 saturated carbocycles. The van der Waals surface area contributed by atoms with Crippen molar-refractivity contribution in [2.45, 2.75) is 31.5 Å². The summed E-state index contributed by atoms with van der Waals surface area (Å²) in [5, 5.41) is 2.04. The summed E-state index contributed by atoms with van der Waals surface area (Å²) < 4.78 is 36.3. The van der Waals surface area contributed by atoms with Crippen molar-refractivity contribution in [3.05, 3.63) is 35.4 Å². The summed E-state index contributed by atoms with van der Waals surface area (Å²) in [4.78, 5) is 10.8. The van der Waals surface area contributed by atoms with Crippen molar-refractivity contribution in [3.63, 3.8) is 0 Å². The molecule has 0 radical (unpaired) electrons. The molecule has 0 heterocycles. The number of alkyl halides is 3. The molecule has 5 heteroatoms. The largest absolute Gasteiger partial charge is 0.471 e. The minimum absolute atomic E-state index is 0.418. The van der Waals surface area contributed by atoms with Crippen molar-refractivity contribution in [1.82, 2.24) is 5.32 Å². The Balaban J connectivity index is 2.01. The fourth-order valence-corrected chi connectivity index (χ4v) is 2.09. The van der Waals surface area contributed by atoms with Crippen molar-refractivity contribution in [1.29, 1.82) is 0 Å². The van der Waals surface area contributed by atoms with Gasteiger partial charge in [-0.05, 0) is 30.4 Å². The average Bonchev–Trinajstić information content (AvgIpc) is 2.27. The van der Waals surface area contributed by atoms with E-state index < -0.39 is 18.1 Å². The SMILES string of the molecule is O=C(NC1CCc2ccccc2C1)C(F)(F)F. The number of carbonyl (C=O) groups excluding carboxylic acids is 1. The van der Waals surface area contributed by atoms with Gasteiger partial charge in [0.1, 0.15) is 0 Å². The zero-order valence-electron chi connectivity index (χ0n) is 9.05. The lowest BCUT2D eigenvalue weighted by molar-refractivity contribution is -0.174. The molecule has 2 nitrogen and oxygen atoms in total. The van der Waals surface area contributed by atoms with Gasteiger partial charge in [-0.25, -0.2) is 0 Å². The average molecular weight is 243 g/mol. The van der Waals surface area contributed by atoms with E-state index in [9.17, 15) is 18.0 Å². The highest BCUT2D eigenvalue weighted by Crippen LogP contribution is 2.22. The molecule has 0 aliphatic heterocycles. The Labute approximate surface area is 96.8 Å². The Bertz CT molecular complexity index is 428. The maximum Gasteiger partial charge on any atom is 0.471 e. The number of hydrogen-bond donors (Lipinski definition) is 1. The summed E-state index contributed by atoms with van der Waals surface area (Å²) in [5.41, 5.74) is 2.18. The van der Waals surface area contributed by atoms with Crippen molar-refractivity contribution >= 4 is 5.91 Å². The van der Waals surface area contributed by atoms with Gasteiger partial charge in [0.25, 0.3) is 0 Å². The number of amides is 1. The van der Waals surface area contributed by atoms with Crippen LogP contribution >= 0.6 is 0 Å². The molecule has 1 atom stereocenters. The lowest BCUT2D eigenvalue weighted by atomic mass is 9.88. The number of fused-ring (bicyclic) bond motifs is 1. The number of benzene rings is 1. The second kappa shape index (κ2) is 4.39. The lowest BCUT2D eigenvalue weighted by Crippen LogP contribution is -2.45. The maximum atomic E-state index is 12.1. The third-order valence-electron chi connectivity index (χ3n) is 2.94. The highest BCUT2D eigenvalue weighted by atomic mass is 19.4. The Kier molecular flexibility index (Phi) is 3.09. The van der Waals surface area contributed by atoms with Crippen LogP contribution in [0.25, 0.3) is 0 Å². The first-order valence-electron chi connectivity index (χ1n) is 5.41. The van der Waals surface area contributed by atoms with E-state index in [1.807, 2.05) is 29.6 Å². The van der Waals surface area contributed by atoms with Crippen LogP contribution in [-0.4, -0.2) is 18.1 Å². The molecule has 1 aliphatic carbocycles. The topological polar surface area (TPSA) is 29.1 Å². The van der Waals surface area contributed by atoms with Crippen molar-refractivity contribution in [2.24, 2.45) is 0 Å². The van der Waals surface area contributed by atoms with Crippen molar-refractivity contribution in [2.75, 3.05) is 0 Å². The summed E-state index contributed by atoms with van der Waals surface area (Å²) in [6.07, 6.45) is -3.06. The molecule has 0 spiro atoms. The maximum absolute atomic E-state index is 12.1. The Morgan fingerprint density at radius 2 is 1.88 bits per heavy atom. The Morgan fingerprint density at radius 1 is 1.24 bits per heavy atom. The number of carbonyl (C=O) groups is 1. The van der Waals surface area contributed by atoms with E-state index in [1.165, 1.54) is 0 Å². The van der Waals surface area contributed by atoms with Crippen LogP contribution in [0.5, 0.6) is 0 Å². The number of halogens is 3. The van der Waals surface area contributed by atoms with Gasteiger partial charge in [0.05, 0.1) is 0 Å². The normalized spacial score (nSPS) is 19.6. The molecule has 0 bridgehead atoms. The number of aryl methyl sites for hydroxylation is 1. The van der Waals surface area contributed by atoms with Gasteiger partial charge >= 0.3 is 12.1 Å². The van der Waals surface area contributed by atoms with E-state index in [0.29, 0.717) is 19.3 Å². The van der Waals surface area contributed by atoms with Crippen LogP contribution in [0.1, 0.15) is 17.5 Å². The summed E-state index contributed by atoms with van der Waals surface area (Å²) in [5.74, 6) is -1.85. The lowest BCUT2D eigenvalue weighted by Gasteiger charge is -2.25. The molecular weight excluding hydrogens is 231 g/mol. The van der Waals surface area contributed by atoms with Gasteiger partial charge in [0.2, 0.25) is 0 Å². The van der Waals surface area contributed by atoms with Gasteiger partial charge < -0.3 is 5.32 Å². The molecule has 0 saturated heterocycles. The van der Waals surface area contributed by atoms with Crippen LogP contribution in [0.2, 0.25) is 0 Å². The zero-order chi connectivity index (χ0) is 12.5. The molecular formula is C12H12F3NO. The fraction of sp³-hybridized carbons (Fsp3) is 0.417. The monoisotopic (exact) mass is 243 g/mol. The third-order valence-corrected chi connectivity index (χ3v) is 2.94. The quantitative estimate of drug-likeness (QED) is 0.805. The van der Waals surface area contributed by atoms with Crippen molar-refractivity contribution in [3.8, 4) is 0 Å². The van der Waals surface area contributed by atoms with Gasteiger partial charge in [-0.15, -0.1) is 0 Å². The molecule has 17 heavy (non-hydrogen) atoms. The van der Waals surface area contributed by atoms with E-state index in [-0.39, 0.29) is 0 Å². The first-order chi connectivity index (χ1) is 7.97. The summed E-state index contributed by atoms with van der Waals surface area (Å²) in [6.45, 7) is 0. The highest BCUT2D eigenvalue weighted by Gasteiger charge is 2.39. The van der Waals surface area contributed by atoms with E-state index in [1.54, 1.807) is 0 Å². The first-order valence-corrected chi connectivity index (χ1v) is 5.41. The molecule has 1 N–H and O–H groups in total. The van der Waals surface area contributed by atoms with Crippen LogP contribution in [0.4, 0.5) is 13.2 Å². The van der Waals surface area contributed by atoms with Crippen LogP contribution < -0.4 is 5.32 Å². The highest BCUT2D eigenvalue weighted by molar-refractivity contribution is 5.82. The number of rotatable bonds is 1. The third kappa shape index (κ3) is 2.78. The van der Waals surface area contributed by atoms with E-state index >= 15 is 0 Å². The first kappa shape index (κ1) is 12.0. The van der Waals surface area contributed by atoms with Crippen LogP contribution in [0, 0.1) is 0 Å². The second-order valence-corrected chi connectivity index (χ2v) is 4.18. The molecule has 1 aromatic carbocycles. The van der Waals surface area contributed by atoms with Crippen molar-refractivity contribution < 1.29 is 18.0 Å². The zero-order valence-corrected chi connectivity index (χ0v) is 9.05. The fourth-order valence-electron chi connectivity index (χ4n) is 2.09. The number of hydrogen-bond acceptors (Lipinski definition) is 1. The molecule has 1 amide bonds. The second-order valence-electron chi connectivity index (χ2n) is 4.18. The van der Waals surface area contributed by atoms with Crippen LogP contribution in [-0.2, 0) is 17.6 Å². The summed E-state index contributed by atoms with van der Waals surface area (Å²) in [7, 11) is 0. The molecule has 1 unspecified atom stereocenters. The predicted octanol–water partition coefficient (Wildman–Crippen LogP) is 2.22. The van der Waals surface area contributed by atoms with Crippen LogP contribution in [0.3, 0.4) is 0 Å². The van der Waals surface area contributed by atoms with Crippen LogP contribution in [0.15, 0.2) is 24.3 Å². The van der Waals surface area contributed by atoms with Gasteiger partial charge in [-0.1, -0.05) is 24.3 Å². The van der Waals surface area contributed by atoms with Gasteiger partial charge in [-0.3, -0.25) is 4.79 Å². The summed E-state index contributed by atoms with van der Waals surface area (Å²) in [6, 6.07) is 7.21. The van der Waals surface area contributed by atoms with E-state index in [2.05, 4.69) is 0 Å². The Hall–Kier alpha value is -1.52. The van der Waals surface area contributed by atoms with E-state index in [0.717, 1.165) is 11.1 Å². The van der Waals surface area contributed by atoms with Gasteiger partial charge in [-0.2, -0.15) is 13.2 Å². The van der Waals surface area contributed by atoms with Gasteiger partial charge in [0, 0.05) is 6.04 Å². The standard InChI is InChI=1S/C12H12F3NO/c13-12(14,15)11(17)16-10-6-5-8-3-1-2-4-9(8)7-10/h1-4,10H,5-7H2,(H,16,17). The molecule has 0 aromatic heterocycles. The Morgan fingerprint density at radius 3 is 2.53 bits per heavy atom. The summed E-state index contributed by atoms with van der Waals surface area (Å²) >= 11 is 0. The molecule has 92 valence electrons. The van der Waals surface area contributed by atoms with Gasteiger partial charge in [0.15, 0.2) is 0 Å².